The number of amides is 1. The summed E-state index contributed by atoms with van der Waals surface area (Å²) in [5, 5.41) is 3.64. The second-order valence-electron chi connectivity index (χ2n) is 9.47. The minimum atomic E-state index is -3.50. The number of hydrogen-bond donors (Lipinski definition) is 1. The van der Waals surface area contributed by atoms with Crippen LogP contribution in [0.2, 0.25) is 0 Å². The molecule has 1 amide bonds. The van der Waals surface area contributed by atoms with E-state index in [1.54, 1.807) is 16.4 Å². The molecule has 6 nitrogen and oxygen atoms in total. The molecule has 3 fully saturated rings. The zero-order valence-electron chi connectivity index (χ0n) is 17.7. The quantitative estimate of drug-likeness (QED) is 0.770. The van der Waals surface area contributed by atoms with Gasteiger partial charge in [-0.2, -0.15) is 4.31 Å². The van der Waals surface area contributed by atoms with E-state index >= 15 is 0 Å². The predicted octanol–water partition coefficient (Wildman–Crippen LogP) is 2.73. The van der Waals surface area contributed by atoms with Gasteiger partial charge in [0.1, 0.15) is 0 Å². The highest BCUT2D eigenvalue weighted by Gasteiger charge is 2.53. The normalized spacial score (nSPS) is 25.3. The minimum Gasteiger partial charge on any atom is -0.323 e. The number of rotatable bonds is 6. The average molecular weight is 420 g/mol. The highest BCUT2D eigenvalue weighted by atomic mass is 32.2. The van der Waals surface area contributed by atoms with Crippen LogP contribution < -0.4 is 5.32 Å². The third-order valence-electron chi connectivity index (χ3n) is 6.58. The van der Waals surface area contributed by atoms with Gasteiger partial charge < -0.3 is 4.90 Å². The van der Waals surface area contributed by atoms with Crippen LogP contribution in [0.3, 0.4) is 0 Å². The standard InChI is InChI=1S/C22H33N3O3S/c1-16(2)14-20-21(26)25(15-18-6-7-18)22(23-20)10-12-24(13-11-22)29(27,28)19-8-4-17(3)5-9-19/h4-5,8-9,16,18,20,23H,6-7,10-15H2,1-3H3/t20-/m1/s1. The maximum Gasteiger partial charge on any atom is 0.243 e. The Morgan fingerprint density at radius 2 is 1.76 bits per heavy atom. The molecule has 0 radical (unpaired) electrons. The lowest BCUT2D eigenvalue weighted by Gasteiger charge is -2.44. The number of benzene rings is 1. The van der Waals surface area contributed by atoms with Gasteiger partial charge in [0.2, 0.25) is 15.9 Å². The smallest absolute Gasteiger partial charge is 0.243 e. The Bertz CT molecular complexity index is 854. The fourth-order valence-electron chi connectivity index (χ4n) is 4.69. The van der Waals surface area contributed by atoms with E-state index in [2.05, 4.69) is 24.1 Å². The van der Waals surface area contributed by atoms with Crippen molar-refractivity contribution < 1.29 is 13.2 Å². The second-order valence-corrected chi connectivity index (χ2v) is 11.4. The van der Waals surface area contributed by atoms with Gasteiger partial charge in [-0.3, -0.25) is 10.1 Å². The highest BCUT2D eigenvalue weighted by Crippen LogP contribution is 2.39. The monoisotopic (exact) mass is 419 g/mol. The summed E-state index contributed by atoms with van der Waals surface area (Å²) in [4.78, 5) is 15.6. The third kappa shape index (κ3) is 4.09. The molecule has 0 bridgehead atoms. The number of nitrogens with zero attached hydrogens (tertiary/aromatic N) is 2. The van der Waals surface area contributed by atoms with E-state index in [1.807, 2.05) is 19.1 Å². The van der Waals surface area contributed by atoms with Crippen LogP contribution in [0.5, 0.6) is 0 Å². The minimum absolute atomic E-state index is 0.144. The Kier molecular flexibility index (Phi) is 5.51. The molecule has 7 heteroatoms. The maximum absolute atomic E-state index is 13.1. The summed E-state index contributed by atoms with van der Waals surface area (Å²) in [6.07, 6.45) is 4.51. The summed E-state index contributed by atoms with van der Waals surface area (Å²) in [5.41, 5.74) is 0.653. The van der Waals surface area contributed by atoms with E-state index in [0.29, 0.717) is 42.7 Å². The molecule has 1 aliphatic carbocycles. The van der Waals surface area contributed by atoms with E-state index in [9.17, 15) is 13.2 Å². The van der Waals surface area contributed by atoms with Crippen molar-refractivity contribution in [2.45, 2.75) is 69.5 Å². The molecule has 1 aromatic carbocycles. The largest absolute Gasteiger partial charge is 0.323 e. The molecular formula is C22H33N3O3S. The van der Waals surface area contributed by atoms with Gasteiger partial charge in [0.05, 0.1) is 16.6 Å². The van der Waals surface area contributed by atoms with Gasteiger partial charge in [0.15, 0.2) is 0 Å². The number of sulfonamides is 1. The molecule has 0 aromatic heterocycles. The number of nitrogens with one attached hydrogen (secondary N) is 1. The summed E-state index contributed by atoms with van der Waals surface area (Å²) < 4.78 is 27.7. The molecule has 29 heavy (non-hydrogen) atoms. The zero-order chi connectivity index (χ0) is 20.8. The lowest BCUT2D eigenvalue weighted by atomic mass is 9.96. The molecule has 160 valence electrons. The molecule has 1 spiro atoms. The van der Waals surface area contributed by atoms with Gasteiger partial charge in [-0.05, 0) is 63.0 Å². The van der Waals surface area contributed by atoms with E-state index in [0.717, 1.165) is 18.5 Å². The van der Waals surface area contributed by atoms with Gasteiger partial charge in [0.25, 0.3) is 0 Å². The number of hydrogen-bond acceptors (Lipinski definition) is 4. The first kappa shape index (κ1) is 20.8. The topological polar surface area (TPSA) is 69.7 Å². The Balaban J connectivity index is 1.51. The van der Waals surface area contributed by atoms with Crippen molar-refractivity contribution in [3.05, 3.63) is 29.8 Å². The van der Waals surface area contributed by atoms with Gasteiger partial charge in [0, 0.05) is 19.6 Å². The highest BCUT2D eigenvalue weighted by molar-refractivity contribution is 7.89. The first-order valence-corrected chi connectivity index (χ1v) is 12.3. The van der Waals surface area contributed by atoms with Crippen LogP contribution in [0.4, 0.5) is 0 Å². The lowest BCUT2D eigenvalue weighted by molar-refractivity contribution is -0.133. The molecule has 4 rings (SSSR count). The Morgan fingerprint density at radius 1 is 1.14 bits per heavy atom. The number of carbonyl (C=O) groups excluding carboxylic acids is 1. The number of aryl methyl sites for hydroxylation is 1. The van der Waals surface area contributed by atoms with Crippen molar-refractivity contribution >= 4 is 15.9 Å². The first-order chi connectivity index (χ1) is 13.7. The predicted molar refractivity (Wildman–Crippen MR) is 113 cm³/mol. The van der Waals surface area contributed by atoms with Gasteiger partial charge in [-0.15, -0.1) is 0 Å². The Hall–Kier alpha value is -1.44. The maximum atomic E-state index is 13.1. The SMILES string of the molecule is Cc1ccc(S(=O)(=O)N2CCC3(CC2)N[C@H](CC(C)C)C(=O)N3CC2CC2)cc1. The number of carbonyl (C=O) groups is 1. The van der Waals surface area contributed by atoms with Crippen LogP contribution in [0.25, 0.3) is 0 Å². The Labute approximate surface area is 174 Å². The van der Waals surface area contributed by atoms with Gasteiger partial charge in [-0.25, -0.2) is 8.42 Å². The summed E-state index contributed by atoms with van der Waals surface area (Å²) in [7, 11) is -3.50. The summed E-state index contributed by atoms with van der Waals surface area (Å²) >= 11 is 0. The van der Waals surface area contributed by atoms with Crippen LogP contribution in [-0.4, -0.2) is 54.9 Å². The van der Waals surface area contributed by atoms with E-state index in [1.165, 1.54) is 12.8 Å². The molecule has 3 aliphatic rings. The van der Waals surface area contributed by atoms with Crippen molar-refractivity contribution in [1.29, 1.82) is 0 Å². The molecule has 2 aliphatic heterocycles. The molecule has 1 aromatic rings. The van der Waals surface area contributed by atoms with Crippen LogP contribution in [0.15, 0.2) is 29.2 Å². The van der Waals surface area contributed by atoms with Gasteiger partial charge >= 0.3 is 0 Å². The van der Waals surface area contributed by atoms with Crippen molar-refractivity contribution in [1.82, 2.24) is 14.5 Å². The van der Waals surface area contributed by atoms with Gasteiger partial charge in [-0.1, -0.05) is 31.5 Å². The molecule has 1 saturated carbocycles. The fourth-order valence-corrected chi connectivity index (χ4v) is 6.13. The molecular weight excluding hydrogens is 386 g/mol. The molecule has 2 saturated heterocycles. The third-order valence-corrected chi connectivity index (χ3v) is 8.49. The van der Waals surface area contributed by atoms with Crippen LogP contribution in [0.1, 0.15) is 51.5 Å². The van der Waals surface area contributed by atoms with E-state index in [4.69, 9.17) is 0 Å². The summed E-state index contributed by atoms with van der Waals surface area (Å²) in [5.74, 6) is 1.27. The van der Waals surface area contributed by atoms with E-state index < -0.39 is 15.7 Å². The second kappa shape index (κ2) is 7.67. The van der Waals surface area contributed by atoms with Crippen molar-refractivity contribution in [2.75, 3.05) is 19.6 Å². The molecule has 2 heterocycles. The molecule has 1 atom stereocenters. The fraction of sp³-hybridized carbons (Fsp3) is 0.682. The van der Waals surface area contributed by atoms with Crippen molar-refractivity contribution in [3.8, 4) is 0 Å². The van der Waals surface area contributed by atoms with Crippen molar-refractivity contribution in [2.24, 2.45) is 11.8 Å². The van der Waals surface area contributed by atoms with Crippen LogP contribution in [-0.2, 0) is 14.8 Å². The van der Waals surface area contributed by atoms with Crippen LogP contribution >= 0.6 is 0 Å². The van der Waals surface area contributed by atoms with Crippen molar-refractivity contribution in [3.63, 3.8) is 0 Å². The first-order valence-electron chi connectivity index (χ1n) is 10.9. The summed E-state index contributed by atoms with van der Waals surface area (Å²) in [6, 6.07) is 6.90. The molecule has 0 unspecified atom stereocenters. The zero-order valence-corrected chi connectivity index (χ0v) is 18.5. The average Bonchev–Trinajstić information content (AvgIpc) is 3.46. The van der Waals surface area contributed by atoms with Crippen LogP contribution in [0, 0.1) is 18.8 Å². The Morgan fingerprint density at radius 3 is 2.31 bits per heavy atom. The number of piperidine rings is 1. The lowest BCUT2D eigenvalue weighted by Crippen LogP contribution is -2.59. The summed E-state index contributed by atoms with van der Waals surface area (Å²) in [6.45, 7) is 7.92. The molecule has 1 N–H and O–H groups in total. The van der Waals surface area contributed by atoms with E-state index in [-0.39, 0.29) is 11.9 Å².